The van der Waals surface area contributed by atoms with Crippen molar-refractivity contribution in [1.29, 1.82) is 0 Å². The topological polar surface area (TPSA) is 93.6 Å². The second kappa shape index (κ2) is 7.37. The number of aromatic nitrogens is 2. The van der Waals surface area contributed by atoms with E-state index in [1.807, 2.05) is 20.8 Å². The van der Waals surface area contributed by atoms with E-state index in [4.69, 9.17) is 9.47 Å². The van der Waals surface area contributed by atoms with Crippen LogP contribution < -0.4 is 11.2 Å². The van der Waals surface area contributed by atoms with Crippen LogP contribution in [0.3, 0.4) is 0 Å². The van der Waals surface area contributed by atoms with Crippen molar-refractivity contribution < 1.29 is 14.6 Å². The molecule has 0 aliphatic carbocycles. The lowest BCUT2D eigenvalue weighted by Gasteiger charge is -2.20. The van der Waals surface area contributed by atoms with Gasteiger partial charge in [-0.25, -0.2) is 4.79 Å². The van der Waals surface area contributed by atoms with Crippen molar-refractivity contribution >= 4 is 0 Å². The lowest BCUT2D eigenvalue weighted by molar-refractivity contribution is -0.0542. The molecular weight excluding hydrogens is 264 g/mol. The predicted molar refractivity (Wildman–Crippen MR) is 73.7 cm³/mol. The van der Waals surface area contributed by atoms with Gasteiger partial charge in [0.25, 0.3) is 5.56 Å². The number of aliphatic hydroxyl groups is 1. The molecule has 4 unspecified atom stereocenters. The predicted octanol–water partition coefficient (Wildman–Crippen LogP) is 0.246. The minimum atomic E-state index is -0.802. The zero-order chi connectivity index (χ0) is 15.3. The van der Waals surface area contributed by atoms with E-state index in [2.05, 4.69) is 4.98 Å². The molecule has 114 valence electrons. The van der Waals surface area contributed by atoms with E-state index in [0.717, 1.165) is 0 Å². The Balaban J connectivity index is 0.000000956. The van der Waals surface area contributed by atoms with E-state index in [0.29, 0.717) is 6.42 Å². The van der Waals surface area contributed by atoms with Crippen molar-refractivity contribution in [3.8, 4) is 0 Å². The molecule has 0 amide bonds. The van der Waals surface area contributed by atoms with Crippen LogP contribution in [0.25, 0.3) is 0 Å². The molecule has 0 radical (unpaired) electrons. The largest absolute Gasteiger partial charge is 0.388 e. The third kappa shape index (κ3) is 3.17. The number of aromatic amines is 1. The molecule has 2 N–H and O–H groups in total. The van der Waals surface area contributed by atoms with Crippen LogP contribution in [0.2, 0.25) is 0 Å². The van der Waals surface area contributed by atoms with Crippen LogP contribution in [0.15, 0.2) is 21.9 Å². The normalized spacial score (nSPS) is 28.9. The molecule has 2 rings (SSSR count). The highest BCUT2D eigenvalue weighted by Gasteiger charge is 2.44. The van der Waals surface area contributed by atoms with Crippen molar-refractivity contribution in [1.82, 2.24) is 9.55 Å². The fourth-order valence-electron chi connectivity index (χ4n) is 2.16. The highest BCUT2D eigenvalue weighted by Crippen LogP contribution is 2.31. The summed E-state index contributed by atoms with van der Waals surface area (Å²) >= 11 is 0. The van der Waals surface area contributed by atoms with Gasteiger partial charge in [-0.1, -0.05) is 20.8 Å². The van der Waals surface area contributed by atoms with Crippen LogP contribution in [0.5, 0.6) is 0 Å². The number of ether oxygens (including phenoxy) is 2. The van der Waals surface area contributed by atoms with Gasteiger partial charge >= 0.3 is 5.69 Å². The molecule has 1 fully saturated rings. The maximum Gasteiger partial charge on any atom is 0.330 e. The summed E-state index contributed by atoms with van der Waals surface area (Å²) in [5, 5.41) is 9.99. The van der Waals surface area contributed by atoms with E-state index < -0.39 is 35.8 Å². The first-order valence-corrected chi connectivity index (χ1v) is 6.76. The average molecular weight is 286 g/mol. The quantitative estimate of drug-likeness (QED) is 0.830. The number of nitrogens with zero attached hydrogens (tertiary/aromatic N) is 1. The molecule has 7 nitrogen and oxygen atoms in total. The molecule has 0 spiro atoms. The Morgan fingerprint density at radius 2 is 2.10 bits per heavy atom. The molecule has 1 aliphatic heterocycles. The fourth-order valence-corrected chi connectivity index (χ4v) is 2.16. The molecular formula is C13H22N2O5. The smallest absolute Gasteiger partial charge is 0.330 e. The third-order valence-electron chi connectivity index (χ3n) is 3.11. The zero-order valence-corrected chi connectivity index (χ0v) is 12.2. The Kier molecular flexibility index (Phi) is 6.12. The molecule has 0 saturated carbocycles. The van der Waals surface area contributed by atoms with Crippen LogP contribution >= 0.6 is 0 Å². The van der Waals surface area contributed by atoms with E-state index in [9.17, 15) is 14.7 Å². The van der Waals surface area contributed by atoms with Crippen LogP contribution in [-0.4, -0.2) is 40.1 Å². The van der Waals surface area contributed by atoms with E-state index in [-0.39, 0.29) is 0 Å². The van der Waals surface area contributed by atoms with Crippen molar-refractivity contribution in [2.45, 2.75) is 51.7 Å². The Labute approximate surface area is 117 Å². The molecule has 1 aromatic heterocycles. The van der Waals surface area contributed by atoms with E-state index in [1.165, 1.54) is 23.9 Å². The number of hydrogen-bond acceptors (Lipinski definition) is 5. The lowest BCUT2D eigenvalue weighted by Crippen LogP contribution is -2.38. The van der Waals surface area contributed by atoms with Crippen molar-refractivity contribution in [3.05, 3.63) is 33.1 Å². The molecule has 0 aromatic carbocycles. The van der Waals surface area contributed by atoms with Crippen LogP contribution in [0.1, 0.15) is 33.4 Å². The van der Waals surface area contributed by atoms with Crippen molar-refractivity contribution in [2.24, 2.45) is 0 Å². The summed E-state index contributed by atoms with van der Waals surface area (Å²) < 4.78 is 12.0. The molecule has 0 bridgehead atoms. The summed E-state index contributed by atoms with van der Waals surface area (Å²) in [6, 6.07) is 1.23. The molecule has 1 aromatic rings. The second-order valence-electron chi connectivity index (χ2n) is 4.18. The number of nitrogens with one attached hydrogen (secondary N) is 1. The Hall–Kier alpha value is -1.44. The fraction of sp³-hybridized carbons (Fsp3) is 0.692. The van der Waals surface area contributed by atoms with Gasteiger partial charge in [0.2, 0.25) is 0 Å². The SMILES string of the molecule is CC.CCC1OC(n2ccc(=O)[nH]c2=O)C(OC)C1O. The average Bonchev–Trinajstić information content (AvgIpc) is 2.77. The molecule has 1 saturated heterocycles. The van der Waals surface area contributed by atoms with E-state index >= 15 is 0 Å². The summed E-state index contributed by atoms with van der Waals surface area (Å²) in [5.74, 6) is 0. The summed E-state index contributed by atoms with van der Waals surface area (Å²) in [4.78, 5) is 24.8. The Morgan fingerprint density at radius 1 is 1.45 bits per heavy atom. The van der Waals surface area contributed by atoms with Gasteiger partial charge in [0.05, 0.1) is 6.10 Å². The monoisotopic (exact) mass is 286 g/mol. The molecule has 20 heavy (non-hydrogen) atoms. The number of hydrogen-bond donors (Lipinski definition) is 2. The van der Waals surface area contributed by atoms with Gasteiger partial charge in [-0.05, 0) is 6.42 Å². The summed E-state index contributed by atoms with van der Waals surface area (Å²) in [6.45, 7) is 5.87. The first-order valence-electron chi connectivity index (χ1n) is 6.76. The number of H-pyrrole nitrogens is 1. The van der Waals surface area contributed by atoms with Gasteiger partial charge in [-0.15, -0.1) is 0 Å². The molecule has 7 heteroatoms. The van der Waals surface area contributed by atoms with Crippen molar-refractivity contribution in [2.75, 3.05) is 7.11 Å². The molecule has 2 heterocycles. The van der Waals surface area contributed by atoms with E-state index in [1.54, 1.807) is 0 Å². The van der Waals surface area contributed by atoms with Gasteiger partial charge in [-0.2, -0.15) is 0 Å². The van der Waals surface area contributed by atoms with Gasteiger partial charge in [0.15, 0.2) is 6.23 Å². The number of aliphatic hydroxyl groups excluding tert-OH is 1. The standard InChI is InChI=1S/C11H16N2O5.C2H6/c1-3-6-8(15)9(17-2)10(18-6)13-5-4-7(14)12-11(13)16;1-2/h4-6,8-10,15H,3H2,1-2H3,(H,12,14,16);1-2H3. The Bertz CT molecular complexity index is 524. The van der Waals surface area contributed by atoms with Crippen molar-refractivity contribution in [3.63, 3.8) is 0 Å². The maximum atomic E-state index is 11.7. The molecule has 1 aliphatic rings. The summed E-state index contributed by atoms with van der Waals surface area (Å²) in [6.07, 6.45) is -0.626. The van der Waals surface area contributed by atoms with Crippen LogP contribution in [0, 0.1) is 0 Å². The minimum absolute atomic E-state index is 0.390. The van der Waals surface area contributed by atoms with Gasteiger partial charge in [0, 0.05) is 19.4 Å². The van der Waals surface area contributed by atoms with Gasteiger partial charge in [0.1, 0.15) is 12.2 Å². The highest BCUT2D eigenvalue weighted by atomic mass is 16.6. The minimum Gasteiger partial charge on any atom is -0.388 e. The number of rotatable bonds is 3. The number of methoxy groups -OCH3 is 1. The first-order chi connectivity index (χ1) is 9.58. The van der Waals surface area contributed by atoms with Gasteiger partial charge < -0.3 is 14.6 Å². The third-order valence-corrected chi connectivity index (χ3v) is 3.11. The highest BCUT2D eigenvalue weighted by molar-refractivity contribution is 4.93. The molecule has 4 atom stereocenters. The zero-order valence-electron chi connectivity index (χ0n) is 12.2. The van der Waals surface area contributed by atoms with Gasteiger partial charge in [-0.3, -0.25) is 14.3 Å². The maximum absolute atomic E-state index is 11.7. The second-order valence-corrected chi connectivity index (χ2v) is 4.18. The van der Waals surface area contributed by atoms with Crippen LogP contribution in [0.4, 0.5) is 0 Å². The summed E-state index contributed by atoms with van der Waals surface area (Å²) in [5.41, 5.74) is -1.06. The first kappa shape index (κ1) is 16.6. The summed E-state index contributed by atoms with van der Waals surface area (Å²) in [7, 11) is 1.44. The Morgan fingerprint density at radius 3 is 2.60 bits per heavy atom. The van der Waals surface area contributed by atoms with Crippen LogP contribution in [-0.2, 0) is 9.47 Å². The lowest BCUT2D eigenvalue weighted by atomic mass is 10.1.